The molecule has 0 bridgehead atoms. The second kappa shape index (κ2) is 7.90. The smallest absolute Gasteiger partial charge is 0.277 e. The lowest BCUT2D eigenvalue weighted by Crippen LogP contribution is -2.25. The average Bonchev–Trinajstić information content (AvgIpc) is 3.28. The van der Waals surface area contributed by atoms with E-state index in [9.17, 15) is 9.59 Å². The molecular formula is C22H22N4O4. The number of aryl methyl sites for hydroxylation is 1. The number of carbonyl (C=O) groups is 1. The van der Waals surface area contributed by atoms with Crippen LogP contribution in [0.25, 0.3) is 16.6 Å². The largest absolute Gasteiger partial charge is 0.497 e. The monoisotopic (exact) mass is 406 g/mol. The van der Waals surface area contributed by atoms with Crippen LogP contribution in [0.5, 0.6) is 11.5 Å². The van der Waals surface area contributed by atoms with Crippen LogP contribution in [-0.4, -0.2) is 34.3 Å². The van der Waals surface area contributed by atoms with E-state index in [2.05, 4.69) is 10.4 Å². The van der Waals surface area contributed by atoms with Crippen LogP contribution in [0.15, 0.2) is 53.5 Å². The molecule has 8 heteroatoms. The highest BCUT2D eigenvalue weighted by Gasteiger charge is 2.14. The number of hydrogen-bond donors (Lipinski definition) is 1. The highest BCUT2D eigenvalue weighted by Crippen LogP contribution is 2.24. The molecule has 0 spiro atoms. The number of nitrogens with one attached hydrogen (secondary N) is 1. The van der Waals surface area contributed by atoms with Crippen molar-refractivity contribution in [2.24, 2.45) is 0 Å². The minimum atomic E-state index is -0.245. The van der Waals surface area contributed by atoms with Gasteiger partial charge in [0.25, 0.3) is 11.5 Å². The van der Waals surface area contributed by atoms with Crippen LogP contribution in [0.2, 0.25) is 0 Å². The second-order valence-corrected chi connectivity index (χ2v) is 6.74. The molecule has 0 fully saturated rings. The second-order valence-electron chi connectivity index (χ2n) is 6.74. The van der Waals surface area contributed by atoms with E-state index >= 15 is 0 Å². The minimum absolute atomic E-state index is 0.136. The Hall–Kier alpha value is -3.81. The molecule has 0 aliphatic carbocycles. The third-order valence-electron chi connectivity index (χ3n) is 5.11. The third kappa shape index (κ3) is 3.26. The summed E-state index contributed by atoms with van der Waals surface area (Å²) in [6.07, 6.45) is 1.60. The fourth-order valence-corrected chi connectivity index (χ4v) is 3.55. The number of ether oxygens (including phenoxy) is 2. The molecule has 0 atom stereocenters. The van der Waals surface area contributed by atoms with Crippen LogP contribution in [0.3, 0.4) is 0 Å². The molecule has 0 aliphatic rings. The topological polar surface area (TPSA) is 86.9 Å². The Morgan fingerprint density at radius 3 is 2.60 bits per heavy atom. The number of benzene rings is 2. The molecule has 0 unspecified atom stereocenters. The van der Waals surface area contributed by atoms with Crippen LogP contribution in [0, 0.1) is 0 Å². The molecule has 2 heterocycles. The number of aromatic nitrogens is 3. The summed E-state index contributed by atoms with van der Waals surface area (Å²) < 4.78 is 13.8. The maximum atomic E-state index is 12.8. The van der Waals surface area contributed by atoms with Gasteiger partial charge in [0.2, 0.25) is 0 Å². The highest BCUT2D eigenvalue weighted by molar-refractivity contribution is 5.97. The summed E-state index contributed by atoms with van der Waals surface area (Å²) in [5.74, 6) is 1.07. The summed E-state index contributed by atoms with van der Waals surface area (Å²) in [4.78, 5) is 25.5. The Morgan fingerprint density at radius 2 is 1.87 bits per heavy atom. The molecule has 0 aliphatic heterocycles. The van der Waals surface area contributed by atoms with Gasteiger partial charge in [0.1, 0.15) is 17.0 Å². The lowest BCUT2D eigenvalue weighted by Gasteiger charge is -2.13. The van der Waals surface area contributed by atoms with Crippen molar-refractivity contribution in [1.29, 1.82) is 0 Å². The number of amides is 1. The van der Waals surface area contributed by atoms with Crippen molar-refractivity contribution in [3.63, 3.8) is 0 Å². The van der Waals surface area contributed by atoms with Crippen LogP contribution < -0.4 is 20.3 Å². The van der Waals surface area contributed by atoms with Crippen LogP contribution in [0.4, 0.5) is 0 Å². The number of nitrogens with zero attached hydrogens (tertiary/aromatic N) is 3. The van der Waals surface area contributed by atoms with E-state index in [0.717, 1.165) is 11.1 Å². The van der Waals surface area contributed by atoms with E-state index < -0.39 is 0 Å². The predicted octanol–water partition coefficient (Wildman–Crippen LogP) is 2.62. The van der Waals surface area contributed by atoms with Crippen molar-refractivity contribution in [2.45, 2.75) is 20.0 Å². The molecule has 0 radical (unpaired) electrons. The average molecular weight is 406 g/mol. The fraction of sp³-hybridized carbons (Fsp3) is 0.227. The summed E-state index contributed by atoms with van der Waals surface area (Å²) in [6, 6.07) is 12.4. The van der Waals surface area contributed by atoms with Gasteiger partial charge in [-0.2, -0.15) is 5.10 Å². The zero-order valence-corrected chi connectivity index (χ0v) is 17.0. The zero-order chi connectivity index (χ0) is 21.3. The van der Waals surface area contributed by atoms with Crippen LogP contribution in [0.1, 0.15) is 22.8 Å². The van der Waals surface area contributed by atoms with E-state index in [1.807, 2.05) is 25.1 Å². The van der Waals surface area contributed by atoms with Gasteiger partial charge in [0.15, 0.2) is 0 Å². The van der Waals surface area contributed by atoms with Crippen molar-refractivity contribution in [3.8, 4) is 11.5 Å². The normalized spacial score (nSPS) is 11.0. The molecule has 0 saturated heterocycles. The molecular weight excluding hydrogens is 384 g/mol. The fourth-order valence-electron chi connectivity index (χ4n) is 3.55. The highest BCUT2D eigenvalue weighted by atomic mass is 16.5. The Labute approximate surface area is 172 Å². The minimum Gasteiger partial charge on any atom is -0.497 e. The SMILES string of the molecule is CCn1c(=O)c2ccnn2c2ccc(C(=O)NCc3ccc(OC)cc3OC)cc21. The first-order valence-corrected chi connectivity index (χ1v) is 9.56. The first kappa shape index (κ1) is 19.5. The first-order valence-electron chi connectivity index (χ1n) is 9.56. The summed E-state index contributed by atoms with van der Waals surface area (Å²) in [6.45, 7) is 2.68. The van der Waals surface area contributed by atoms with Crippen molar-refractivity contribution >= 4 is 22.5 Å². The molecule has 0 saturated carbocycles. The lowest BCUT2D eigenvalue weighted by atomic mass is 10.1. The molecule has 4 aromatic rings. The Morgan fingerprint density at radius 1 is 1.03 bits per heavy atom. The Kier molecular flexibility index (Phi) is 5.14. The van der Waals surface area contributed by atoms with Crippen molar-refractivity contribution < 1.29 is 14.3 Å². The molecule has 154 valence electrons. The van der Waals surface area contributed by atoms with E-state index in [1.54, 1.807) is 53.8 Å². The molecule has 8 nitrogen and oxygen atoms in total. The van der Waals surface area contributed by atoms with Crippen molar-refractivity contribution in [3.05, 3.63) is 70.1 Å². The van der Waals surface area contributed by atoms with Gasteiger partial charge in [0.05, 0.1) is 31.4 Å². The molecule has 2 aromatic heterocycles. The Balaban J connectivity index is 1.66. The van der Waals surface area contributed by atoms with E-state index in [4.69, 9.17) is 9.47 Å². The van der Waals surface area contributed by atoms with Crippen LogP contribution >= 0.6 is 0 Å². The predicted molar refractivity (Wildman–Crippen MR) is 113 cm³/mol. The van der Waals surface area contributed by atoms with E-state index in [1.165, 1.54) is 0 Å². The van der Waals surface area contributed by atoms with Gasteiger partial charge >= 0.3 is 0 Å². The lowest BCUT2D eigenvalue weighted by molar-refractivity contribution is 0.0951. The van der Waals surface area contributed by atoms with Gasteiger partial charge in [-0.15, -0.1) is 0 Å². The standard InChI is InChI=1S/C22H22N4O4/c1-4-25-19-11-14(6-8-17(19)26-18(22(25)28)9-10-24-26)21(27)23-13-15-5-7-16(29-2)12-20(15)30-3/h5-12H,4,13H2,1-3H3,(H,23,27). The summed E-state index contributed by atoms with van der Waals surface area (Å²) in [5, 5.41) is 7.15. The third-order valence-corrected chi connectivity index (χ3v) is 5.11. The van der Waals surface area contributed by atoms with Crippen LogP contribution in [-0.2, 0) is 13.1 Å². The van der Waals surface area contributed by atoms with Gasteiger partial charge in [-0.25, -0.2) is 4.52 Å². The number of fused-ring (bicyclic) bond motifs is 3. The summed E-state index contributed by atoms with van der Waals surface area (Å²) >= 11 is 0. The van der Waals surface area contributed by atoms with Gasteiger partial charge < -0.3 is 19.4 Å². The zero-order valence-electron chi connectivity index (χ0n) is 17.0. The first-order chi connectivity index (χ1) is 14.6. The molecule has 4 rings (SSSR count). The number of rotatable bonds is 6. The summed E-state index contributed by atoms with van der Waals surface area (Å²) in [7, 11) is 3.16. The van der Waals surface area contributed by atoms with E-state index in [-0.39, 0.29) is 11.5 Å². The summed E-state index contributed by atoms with van der Waals surface area (Å²) in [5.41, 5.74) is 3.09. The maximum Gasteiger partial charge on any atom is 0.277 e. The van der Waals surface area contributed by atoms with Crippen molar-refractivity contribution in [2.75, 3.05) is 14.2 Å². The van der Waals surface area contributed by atoms with Gasteiger partial charge in [-0.05, 0) is 43.3 Å². The van der Waals surface area contributed by atoms with Gasteiger partial charge in [-0.1, -0.05) is 0 Å². The quantitative estimate of drug-likeness (QED) is 0.532. The Bertz CT molecular complexity index is 1310. The number of hydrogen-bond acceptors (Lipinski definition) is 5. The molecule has 30 heavy (non-hydrogen) atoms. The maximum absolute atomic E-state index is 12.8. The van der Waals surface area contributed by atoms with E-state index in [0.29, 0.717) is 41.2 Å². The van der Waals surface area contributed by atoms with Crippen molar-refractivity contribution in [1.82, 2.24) is 19.5 Å². The number of methoxy groups -OCH3 is 2. The number of carbonyl (C=O) groups excluding carboxylic acids is 1. The van der Waals surface area contributed by atoms with Gasteiger partial charge in [-0.3, -0.25) is 9.59 Å². The molecule has 1 amide bonds. The molecule has 2 aromatic carbocycles. The van der Waals surface area contributed by atoms with Gasteiger partial charge in [0, 0.05) is 30.3 Å². The molecule has 1 N–H and O–H groups in total.